The maximum absolute atomic E-state index is 11.3. The minimum absolute atomic E-state index is 0.0800. The zero-order valence-electron chi connectivity index (χ0n) is 10.1. The van der Waals surface area contributed by atoms with E-state index in [-0.39, 0.29) is 6.04 Å². The van der Waals surface area contributed by atoms with Gasteiger partial charge in [-0.1, -0.05) is 0 Å². The molecular weight excluding hydrogens is 254 g/mol. The van der Waals surface area contributed by atoms with Crippen LogP contribution in [0.1, 0.15) is 18.5 Å². The molecule has 1 N–H and O–H groups in total. The van der Waals surface area contributed by atoms with Crippen LogP contribution in [0.5, 0.6) is 0 Å². The molecule has 0 saturated heterocycles. The lowest BCUT2D eigenvalue weighted by atomic mass is 10.3. The zero-order valence-corrected chi connectivity index (χ0v) is 11.7. The number of imidazole rings is 1. The molecule has 0 spiro atoms. The van der Waals surface area contributed by atoms with Crippen LogP contribution in [0.3, 0.4) is 0 Å². The first-order chi connectivity index (χ1) is 8.00. The van der Waals surface area contributed by atoms with Crippen LogP contribution in [0.25, 0.3) is 11.2 Å². The van der Waals surface area contributed by atoms with Crippen LogP contribution in [-0.2, 0) is 10.8 Å². The molecule has 0 aliphatic rings. The molecule has 0 radical (unpaired) electrons. The van der Waals surface area contributed by atoms with E-state index in [4.69, 9.17) is 12.2 Å². The molecule has 2 unspecified atom stereocenters. The molecule has 2 rings (SSSR count). The largest absolute Gasteiger partial charge is 0.329 e. The Morgan fingerprint density at radius 1 is 1.65 bits per heavy atom. The first-order valence-electron chi connectivity index (χ1n) is 5.36. The van der Waals surface area contributed by atoms with E-state index in [1.807, 2.05) is 24.5 Å². The van der Waals surface area contributed by atoms with Gasteiger partial charge in [-0.05, 0) is 37.7 Å². The molecule has 0 fully saturated rings. The fraction of sp³-hybridized carbons (Fsp3) is 0.455. The molecular formula is C11H15N3OS2. The summed E-state index contributed by atoms with van der Waals surface area (Å²) in [6.07, 6.45) is 3.47. The SMILES string of the molecule is Cc1ccnc2c1[nH]c(=S)n2C(C)CS(C)=O. The number of hydrogen-bond donors (Lipinski definition) is 1. The molecule has 2 heterocycles. The molecule has 0 aliphatic carbocycles. The second kappa shape index (κ2) is 4.70. The number of H-pyrrole nitrogens is 1. The third-order valence-electron chi connectivity index (χ3n) is 2.73. The van der Waals surface area contributed by atoms with Gasteiger partial charge in [0.2, 0.25) is 0 Å². The van der Waals surface area contributed by atoms with E-state index < -0.39 is 10.8 Å². The predicted octanol–water partition coefficient (Wildman–Crippen LogP) is 2.34. The molecule has 17 heavy (non-hydrogen) atoms. The van der Waals surface area contributed by atoms with Crippen molar-refractivity contribution in [1.82, 2.24) is 14.5 Å². The third-order valence-corrected chi connectivity index (χ3v) is 3.99. The Morgan fingerprint density at radius 3 is 3.00 bits per heavy atom. The summed E-state index contributed by atoms with van der Waals surface area (Å²) < 4.78 is 13.9. The van der Waals surface area contributed by atoms with Crippen molar-refractivity contribution in [3.05, 3.63) is 22.6 Å². The van der Waals surface area contributed by atoms with Gasteiger partial charge in [0.25, 0.3) is 0 Å². The quantitative estimate of drug-likeness (QED) is 0.870. The number of aryl methyl sites for hydroxylation is 1. The lowest BCUT2D eigenvalue weighted by Gasteiger charge is -2.12. The monoisotopic (exact) mass is 269 g/mol. The number of fused-ring (bicyclic) bond motifs is 1. The molecule has 0 saturated carbocycles. The van der Waals surface area contributed by atoms with E-state index in [0.29, 0.717) is 10.5 Å². The maximum atomic E-state index is 11.3. The van der Waals surface area contributed by atoms with Crippen LogP contribution in [0.4, 0.5) is 0 Å². The summed E-state index contributed by atoms with van der Waals surface area (Å²) in [7, 11) is -0.846. The minimum Gasteiger partial charge on any atom is -0.329 e. The molecule has 0 amide bonds. The second-order valence-electron chi connectivity index (χ2n) is 4.22. The minimum atomic E-state index is -0.846. The summed E-state index contributed by atoms with van der Waals surface area (Å²) in [4.78, 5) is 7.52. The van der Waals surface area contributed by atoms with Crippen molar-refractivity contribution < 1.29 is 4.21 Å². The van der Waals surface area contributed by atoms with E-state index in [2.05, 4.69) is 9.97 Å². The normalized spacial score (nSPS) is 15.0. The Kier molecular flexibility index (Phi) is 3.44. The van der Waals surface area contributed by atoms with Crippen molar-refractivity contribution in [3.8, 4) is 0 Å². The summed E-state index contributed by atoms with van der Waals surface area (Å²) >= 11 is 5.31. The van der Waals surface area contributed by atoms with Gasteiger partial charge >= 0.3 is 0 Å². The number of nitrogens with one attached hydrogen (secondary N) is 1. The predicted molar refractivity (Wildman–Crippen MR) is 73.3 cm³/mol. The van der Waals surface area contributed by atoms with E-state index in [1.54, 1.807) is 12.5 Å². The molecule has 0 aromatic carbocycles. The zero-order chi connectivity index (χ0) is 12.6. The topological polar surface area (TPSA) is 50.7 Å². The smallest absolute Gasteiger partial charge is 0.179 e. The Hall–Kier alpha value is -1.01. The first kappa shape index (κ1) is 12.4. The second-order valence-corrected chi connectivity index (χ2v) is 6.08. The van der Waals surface area contributed by atoms with Gasteiger partial charge in [0, 0.05) is 35.0 Å². The highest BCUT2D eigenvalue weighted by Gasteiger charge is 2.14. The van der Waals surface area contributed by atoms with Crippen molar-refractivity contribution in [2.75, 3.05) is 12.0 Å². The van der Waals surface area contributed by atoms with E-state index in [0.717, 1.165) is 16.7 Å². The van der Waals surface area contributed by atoms with Crippen molar-refractivity contribution >= 4 is 34.2 Å². The van der Waals surface area contributed by atoms with Gasteiger partial charge in [-0.2, -0.15) is 0 Å². The number of nitrogens with zero attached hydrogens (tertiary/aromatic N) is 2. The highest BCUT2D eigenvalue weighted by Crippen LogP contribution is 2.19. The van der Waals surface area contributed by atoms with Crippen LogP contribution in [0.2, 0.25) is 0 Å². The van der Waals surface area contributed by atoms with Gasteiger partial charge in [-0.15, -0.1) is 0 Å². The van der Waals surface area contributed by atoms with Crippen LogP contribution < -0.4 is 0 Å². The summed E-state index contributed by atoms with van der Waals surface area (Å²) in [6, 6.07) is 2.03. The van der Waals surface area contributed by atoms with Gasteiger partial charge in [-0.3, -0.25) is 8.78 Å². The summed E-state index contributed by atoms with van der Waals surface area (Å²) in [6.45, 7) is 4.02. The third kappa shape index (κ3) is 2.32. The van der Waals surface area contributed by atoms with Crippen molar-refractivity contribution in [1.29, 1.82) is 0 Å². The fourth-order valence-corrected chi connectivity index (χ4v) is 3.16. The lowest BCUT2D eigenvalue weighted by molar-refractivity contribution is 0.601. The molecule has 92 valence electrons. The molecule has 6 heteroatoms. The average Bonchev–Trinajstić information content (AvgIpc) is 2.55. The highest BCUT2D eigenvalue weighted by molar-refractivity contribution is 7.84. The Balaban J connectivity index is 2.61. The van der Waals surface area contributed by atoms with Gasteiger partial charge < -0.3 is 4.98 Å². The maximum Gasteiger partial charge on any atom is 0.179 e. The number of hydrogen-bond acceptors (Lipinski definition) is 3. The number of aromatic nitrogens is 3. The van der Waals surface area contributed by atoms with E-state index in [9.17, 15) is 4.21 Å². The molecule has 4 nitrogen and oxygen atoms in total. The Morgan fingerprint density at radius 2 is 2.35 bits per heavy atom. The van der Waals surface area contributed by atoms with Crippen molar-refractivity contribution in [2.24, 2.45) is 0 Å². The van der Waals surface area contributed by atoms with E-state index in [1.165, 1.54) is 0 Å². The summed E-state index contributed by atoms with van der Waals surface area (Å²) in [5.74, 6) is 0.580. The van der Waals surface area contributed by atoms with Crippen LogP contribution in [-0.4, -0.2) is 30.8 Å². The number of pyridine rings is 1. The average molecular weight is 269 g/mol. The highest BCUT2D eigenvalue weighted by atomic mass is 32.2. The molecule has 0 bridgehead atoms. The number of aromatic amines is 1. The standard InChI is InChI=1S/C11H15N3OS2/c1-7-4-5-12-10-9(7)13-11(16)14(10)8(2)6-17(3)15/h4-5,8H,6H2,1-3H3,(H,13,16). The first-order valence-corrected chi connectivity index (χ1v) is 7.50. The summed E-state index contributed by atoms with van der Waals surface area (Å²) in [5.41, 5.74) is 2.92. The molecule has 2 aromatic rings. The Bertz CT molecular complexity index is 629. The number of rotatable bonds is 3. The lowest BCUT2D eigenvalue weighted by Crippen LogP contribution is -2.13. The molecule has 2 atom stereocenters. The fourth-order valence-electron chi connectivity index (χ4n) is 1.97. The Labute approximate surface area is 108 Å². The van der Waals surface area contributed by atoms with Crippen LogP contribution in [0.15, 0.2) is 12.3 Å². The van der Waals surface area contributed by atoms with Gasteiger partial charge in [-0.25, -0.2) is 4.98 Å². The van der Waals surface area contributed by atoms with Crippen molar-refractivity contribution in [3.63, 3.8) is 0 Å². The van der Waals surface area contributed by atoms with Gasteiger partial charge in [0.05, 0.1) is 5.52 Å². The van der Waals surface area contributed by atoms with E-state index >= 15 is 0 Å². The van der Waals surface area contributed by atoms with Crippen molar-refractivity contribution in [2.45, 2.75) is 19.9 Å². The van der Waals surface area contributed by atoms with Gasteiger partial charge in [0.1, 0.15) is 0 Å². The summed E-state index contributed by atoms with van der Waals surface area (Å²) in [5, 5.41) is 0. The van der Waals surface area contributed by atoms with Crippen LogP contribution >= 0.6 is 12.2 Å². The van der Waals surface area contributed by atoms with Gasteiger partial charge in [0.15, 0.2) is 10.4 Å². The van der Waals surface area contributed by atoms with Crippen LogP contribution in [0, 0.1) is 11.7 Å². The molecule has 2 aromatic heterocycles. The molecule has 0 aliphatic heterocycles.